The summed E-state index contributed by atoms with van der Waals surface area (Å²) in [6, 6.07) is 0. The van der Waals surface area contributed by atoms with E-state index in [1.807, 2.05) is 0 Å². The van der Waals surface area contributed by atoms with Crippen LogP contribution in [0, 0.1) is 29.1 Å². The molecule has 4 nitrogen and oxygen atoms in total. The average Bonchev–Trinajstić information content (AvgIpc) is 2.24. The fourth-order valence-electron chi connectivity index (χ4n) is 3.19. The van der Waals surface area contributed by atoms with Gasteiger partial charge in [-0.05, 0) is 24.7 Å². The maximum Gasteiger partial charge on any atom is 0.392 e. The van der Waals surface area contributed by atoms with Crippen molar-refractivity contribution < 1.29 is 33.0 Å². The second kappa shape index (κ2) is 7.33. The second-order valence-corrected chi connectivity index (χ2v) is 6.77. The van der Waals surface area contributed by atoms with Gasteiger partial charge in [0.05, 0.1) is 5.92 Å². The van der Waals surface area contributed by atoms with E-state index < -0.39 is 35.4 Å². The van der Waals surface area contributed by atoms with Gasteiger partial charge in [0, 0.05) is 23.3 Å². The monoisotopic (exact) mass is 324 g/mol. The summed E-state index contributed by atoms with van der Waals surface area (Å²) in [6.07, 6.45) is -5.27. The highest BCUT2D eigenvalue weighted by atomic mass is 19.4. The largest absolute Gasteiger partial charge is 0.550 e. The van der Waals surface area contributed by atoms with Gasteiger partial charge >= 0.3 is 6.18 Å². The normalized spacial score (nSPS) is 15.9. The molecule has 0 heterocycles. The third kappa shape index (κ3) is 4.88. The van der Waals surface area contributed by atoms with Crippen molar-refractivity contribution in [3.63, 3.8) is 0 Å². The number of aliphatic carboxylic acids is 2. The number of halogens is 3. The molecule has 0 rings (SSSR count). The fourth-order valence-corrected chi connectivity index (χ4v) is 3.19. The standard InChI is InChI=1S/C15H25F3O4/c1-8(2)6-14(13(21)22,7-9(3)4)11(12(19)20)10(5)15(16,17)18/h8-11H,6-7H2,1-5H3,(H,19,20)(H,21,22)/p-2. The highest BCUT2D eigenvalue weighted by molar-refractivity contribution is 5.81. The minimum absolute atomic E-state index is 0.216. The molecule has 0 bridgehead atoms. The maximum atomic E-state index is 13.0. The number of hydrogen-bond donors (Lipinski definition) is 0. The zero-order valence-electron chi connectivity index (χ0n) is 13.5. The van der Waals surface area contributed by atoms with Crippen molar-refractivity contribution in [2.45, 2.75) is 53.6 Å². The average molecular weight is 324 g/mol. The molecule has 0 aliphatic carbocycles. The second-order valence-electron chi connectivity index (χ2n) is 6.77. The van der Waals surface area contributed by atoms with Gasteiger partial charge in [-0.2, -0.15) is 13.2 Å². The summed E-state index contributed by atoms with van der Waals surface area (Å²) in [5.41, 5.74) is -2.11. The van der Waals surface area contributed by atoms with Crippen LogP contribution in [0.15, 0.2) is 0 Å². The van der Waals surface area contributed by atoms with Crippen molar-refractivity contribution in [3.8, 4) is 0 Å². The lowest BCUT2D eigenvalue weighted by atomic mass is 9.62. The van der Waals surface area contributed by atoms with Crippen molar-refractivity contribution >= 4 is 11.9 Å². The first-order valence-corrected chi connectivity index (χ1v) is 7.24. The lowest BCUT2D eigenvalue weighted by Gasteiger charge is -2.47. The molecule has 0 aliphatic heterocycles. The summed E-state index contributed by atoms with van der Waals surface area (Å²) in [7, 11) is 0. The number of carbonyl (C=O) groups excluding carboxylic acids is 2. The van der Waals surface area contributed by atoms with E-state index >= 15 is 0 Å². The Morgan fingerprint density at radius 2 is 1.27 bits per heavy atom. The molecule has 22 heavy (non-hydrogen) atoms. The lowest BCUT2D eigenvalue weighted by Crippen LogP contribution is -2.58. The minimum atomic E-state index is -4.83. The van der Waals surface area contributed by atoms with Crippen molar-refractivity contribution in [2.24, 2.45) is 29.1 Å². The molecule has 0 spiro atoms. The van der Waals surface area contributed by atoms with E-state index in [-0.39, 0.29) is 24.7 Å². The number of carboxylic acid groups (broad SMARTS) is 2. The summed E-state index contributed by atoms with van der Waals surface area (Å²) in [4.78, 5) is 23.1. The number of carbonyl (C=O) groups is 2. The third-order valence-electron chi connectivity index (χ3n) is 3.82. The molecular weight excluding hydrogens is 301 g/mol. The van der Waals surface area contributed by atoms with Crippen molar-refractivity contribution in [2.75, 3.05) is 0 Å². The topological polar surface area (TPSA) is 80.3 Å². The highest BCUT2D eigenvalue weighted by Crippen LogP contribution is 2.47. The van der Waals surface area contributed by atoms with Crippen LogP contribution >= 0.6 is 0 Å². The van der Waals surface area contributed by atoms with Crippen LogP contribution in [0.3, 0.4) is 0 Å². The Hall–Kier alpha value is -1.27. The van der Waals surface area contributed by atoms with Crippen molar-refractivity contribution in [1.29, 1.82) is 0 Å². The molecule has 7 heteroatoms. The summed E-state index contributed by atoms with van der Waals surface area (Å²) in [5, 5.41) is 23.1. The lowest BCUT2D eigenvalue weighted by molar-refractivity contribution is -0.344. The molecule has 0 aromatic rings. The molecule has 130 valence electrons. The molecule has 0 radical (unpaired) electrons. The van der Waals surface area contributed by atoms with Gasteiger partial charge in [-0.1, -0.05) is 34.6 Å². The van der Waals surface area contributed by atoms with Crippen molar-refractivity contribution in [3.05, 3.63) is 0 Å². The molecule has 0 amide bonds. The molecule has 0 aromatic heterocycles. The van der Waals surface area contributed by atoms with Gasteiger partial charge in [0.2, 0.25) is 0 Å². The van der Waals surface area contributed by atoms with Crippen LogP contribution < -0.4 is 10.2 Å². The Balaban J connectivity index is 6.15. The van der Waals surface area contributed by atoms with E-state index in [0.717, 1.165) is 0 Å². The van der Waals surface area contributed by atoms with E-state index in [0.29, 0.717) is 6.92 Å². The van der Waals surface area contributed by atoms with Gasteiger partial charge in [0.1, 0.15) is 0 Å². The summed E-state index contributed by atoms with van der Waals surface area (Å²) >= 11 is 0. The molecule has 0 aromatic carbocycles. The van der Waals surface area contributed by atoms with Gasteiger partial charge in [-0.3, -0.25) is 0 Å². The van der Waals surface area contributed by atoms with Gasteiger partial charge < -0.3 is 19.8 Å². The first-order valence-electron chi connectivity index (χ1n) is 7.24. The van der Waals surface area contributed by atoms with E-state index in [4.69, 9.17) is 0 Å². The SMILES string of the molecule is CC(C)CC(CC(C)C)(C(=O)[O-])C(C(=O)[O-])C(C)C(F)(F)F. The summed E-state index contributed by atoms with van der Waals surface area (Å²) in [6.45, 7) is 7.19. The predicted octanol–water partition coefficient (Wildman–Crippen LogP) is 1.38. The quantitative estimate of drug-likeness (QED) is 0.675. The van der Waals surface area contributed by atoms with Gasteiger partial charge in [0.15, 0.2) is 0 Å². The fraction of sp³-hybridized carbons (Fsp3) is 0.867. The van der Waals surface area contributed by atoms with E-state index in [9.17, 15) is 33.0 Å². The Kier molecular flexibility index (Phi) is 6.91. The van der Waals surface area contributed by atoms with Crippen LogP contribution in [0.25, 0.3) is 0 Å². The van der Waals surface area contributed by atoms with Crippen LogP contribution in [0.4, 0.5) is 13.2 Å². The van der Waals surface area contributed by atoms with Gasteiger partial charge in [-0.15, -0.1) is 0 Å². The molecule has 2 atom stereocenters. The molecule has 0 saturated carbocycles. The molecule has 0 saturated heterocycles. The number of alkyl halides is 3. The highest BCUT2D eigenvalue weighted by Gasteiger charge is 2.52. The Morgan fingerprint density at radius 3 is 1.45 bits per heavy atom. The van der Waals surface area contributed by atoms with E-state index in [2.05, 4.69) is 0 Å². The molecule has 0 fully saturated rings. The number of rotatable bonds is 8. The molecule has 0 aliphatic rings. The van der Waals surface area contributed by atoms with Gasteiger partial charge in [0.25, 0.3) is 0 Å². The zero-order chi connectivity index (χ0) is 17.9. The predicted molar refractivity (Wildman–Crippen MR) is 70.1 cm³/mol. The molecule has 2 unspecified atom stereocenters. The molecular formula is C15H23F3O4-2. The van der Waals surface area contributed by atoms with E-state index in [1.165, 1.54) is 0 Å². The van der Waals surface area contributed by atoms with E-state index in [1.54, 1.807) is 27.7 Å². The van der Waals surface area contributed by atoms with Crippen LogP contribution in [0.2, 0.25) is 0 Å². The first kappa shape index (κ1) is 20.7. The van der Waals surface area contributed by atoms with Crippen LogP contribution in [-0.2, 0) is 9.59 Å². The van der Waals surface area contributed by atoms with Crippen LogP contribution in [0.5, 0.6) is 0 Å². The first-order chi connectivity index (χ1) is 9.75. The zero-order valence-corrected chi connectivity index (χ0v) is 13.5. The Bertz CT molecular complexity index is 392. The maximum absolute atomic E-state index is 13.0. The van der Waals surface area contributed by atoms with Gasteiger partial charge in [-0.25, -0.2) is 0 Å². The number of hydrogen-bond acceptors (Lipinski definition) is 4. The number of carboxylic acids is 2. The van der Waals surface area contributed by atoms with Crippen LogP contribution in [0.1, 0.15) is 47.5 Å². The minimum Gasteiger partial charge on any atom is -0.550 e. The third-order valence-corrected chi connectivity index (χ3v) is 3.82. The van der Waals surface area contributed by atoms with Crippen LogP contribution in [-0.4, -0.2) is 18.1 Å². The molecule has 0 N–H and O–H groups in total. The van der Waals surface area contributed by atoms with Crippen molar-refractivity contribution in [1.82, 2.24) is 0 Å². The Morgan fingerprint density at radius 1 is 0.909 bits per heavy atom. The summed E-state index contributed by atoms with van der Waals surface area (Å²) < 4.78 is 39.1. The summed E-state index contributed by atoms with van der Waals surface area (Å²) in [5.74, 6) is -8.91. The smallest absolute Gasteiger partial charge is 0.392 e. The Labute approximate surface area is 128 Å².